The summed E-state index contributed by atoms with van der Waals surface area (Å²) < 4.78 is 15.0. The van der Waals surface area contributed by atoms with E-state index in [4.69, 9.17) is 15.0 Å². The molecule has 0 aliphatic rings. The molecular weight excluding hydrogens is 406 g/mol. The Balaban J connectivity index is 2.80. The van der Waals surface area contributed by atoms with Gasteiger partial charge in [-0.25, -0.2) is 14.4 Å². The molecule has 31 heavy (non-hydrogen) atoms. The number of carbonyl (C=O) groups is 4. The molecule has 0 unspecified atom stereocenters. The summed E-state index contributed by atoms with van der Waals surface area (Å²) in [6, 6.07) is 7.70. The van der Waals surface area contributed by atoms with Crippen molar-refractivity contribution in [1.29, 1.82) is 0 Å². The van der Waals surface area contributed by atoms with E-state index in [2.05, 4.69) is 14.8 Å². The lowest BCUT2D eigenvalue weighted by molar-refractivity contribution is -0.157. The standard InChI is InChI=1S/C21H27N3O7/c1-5-29-19(27)17(24-22)16(25)12-11-15(18(26)31-21(2,3)4)23-20(28)30-13-14-9-7-6-8-10-14/h6-10,15H,5,11-13H2,1-4H3,(H,23,28)/t15-/m0/s1. The normalized spacial score (nSPS) is 11.5. The molecule has 0 spiro atoms. The fourth-order valence-corrected chi connectivity index (χ4v) is 2.33. The van der Waals surface area contributed by atoms with Crippen LogP contribution in [0.15, 0.2) is 30.3 Å². The highest BCUT2D eigenvalue weighted by molar-refractivity contribution is 6.62. The minimum atomic E-state index is -1.23. The lowest BCUT2D eigenvalue weighted by Gasteiger charge is -2.24. The molecule has 1 atom stereocenters. The molecule has 10 nitrogen and oxygen atoms in total. The van der Waals surface area contributed by atoms with Crippen molar-refractivity contribution in [1.82, 2.24) is 5.32 Å². The zero-order chi connectivity index (χ0) is 23.4. The number of benzene rings is 1. The highest BCUT2D eigenvalue weighted by atomic mass is 16.6. The molecule has 0 heterocycles. The Morgan fingerprint density at radius 2 is 1.74 bits per heavy atom. The van der Waals surface area contributed by atoms with Crippen LogP contribution in [-0.4, -0.2) is 52.6 Å². The lowest BCUT2D eigenvalue weighted by Crippen LogP contribution is -2.45. The fraction of sp³-hybridized carbons (Fsp3) is 0.476. The van der Waals surface area contributed by atoms with Gasteiger partial charge >= 0.3 is 23.7 Å². The van der Waals surface area contributed by atoms with Crippen LogP contribution >= 0.6 is 0 Å². The summed E-state index contributed by atoms with van der Waals surface area (Å²) in [5.41, 5.74) is 8.05. The van der Waals surface area contributed by atoms with Crippen LogP contribution < -0.4 is 5.32 Å². The van der Waals surface area contributed by atoms with Gasteiger partial charge in [-0.15, -0.1) is 0 Å². The monoisotopic (exact) mass is 433 g/mol. The molecule has 168 valence electrons. The molecule has 0 saturated carbocycles. The summed E-state index contributed by atoms with van der Waals surface area (Å²) in [6.45, 7) is 6.45. The molecule has 0 saturated heterocycles. The average molecular weight is 433 g/mol. The molecule has 10 heteroatoms. The predicted octanol–water partition coefficient (Wildman–Crippen LogP) is 2.21. The summed E-state index contributed by atoms with van der Waals surface area (Å²) >= 11 is 0. The van der Waals surface area contributed by atoms with Gasteiger partial charge in [0.25, 0.3) is 5.78 Å². The minimum Gasteiger partial charge on any atom is -0.458 e. The number of amides is 1. The third kappa shape index (κ3) is 9.68. The van der Waals surface area contributed by atoms with Crippen molar-refractivity contribution >= 4 is 29.5 Å². The van der Waals surface area contributed by atoms with Gasteiger partial charge < -0.3 is 25.1 Å². The van der Waals surface area contributed by atoms with Gasteiger partial charge in [-0.3, -0.25) is 4.79 Å². The maximum Gasteiger partial charge on any atom is 0.441 e. The van der Waals surface area contributed by atoms with Gasteiger partial charge in [-0.05, 0) is 39.7 Å². The SMILES string of the molecule is CCOC(=O)C(=[N+]=[N-])C(=O)CC[C@H](NC(=O)OCc1ccccc1)C(=O)OC(C)(C)C. The second kappa shape index (κ2) is 12.2. The molecule has 0 radical (unpaired) electrons. The minimum absolute atomic E-state index is 0.0134. The van der Waals surface area contributed by atoms with E-state index in [9.17, 15) is 19.2 Å². The molecule has 0 aliphatic carbocycles. The largest absolute Gasteiger partial charge is 0.458 e. The van der Waals surface area contributed by atoms with Crippen molar-refractivity contribution in [2.24, 2.45) is 0 Å². The van der Waals surface area contributed by atoms with Crippen molar-refractivity contribution in [2.75, 3.05) is 6.61 Å². The molecular formula is C21H27N3O7. The third-order valence-electron chi connectivity index (χ3n) is 3.69. The van der Waals surface area contributed by atoms with Crippen LogP contribution in [-0.2, 0) is 35.2 Å². The van der Waals surface area contributed by atoms with Crippen LogP contribution in [0.5, 0.6) is 0 Å². The third-order valence-corrected chi connectivity index (χ3v) is 3.69. The van der Waals surface area contributed by atoms with E-state index in [0.29, 0.717) is 0 Å². The number of alkyl carbamates (subject to hydrolysis) is 1. The van der Waals surface area contributed by atoms with Gasteiger partial charge in [0, 0.05) is 6.42 Å². The van der Waals surface area contributed by atoms with Crippen molar-refractivity contribution in [3.05, 3.63) is 41.4 Å². The molecule has 1 N–H and O–H groups in total. The van der Waals surface area contributed by atoms with Gasteiger partial charge in [-0.2, -0.15) is 4.79 Å². The molecule has 0 aromatic heterocycles. The zero-order valence-electron chi connectivity index (χ0n) is 18.0. The first-order valence-electron chi connectivity index (χ1n) is 9.69. The fourth-order valence-electron chi connectivity index (χ4n) is 2.33. The molecule has 1 amide bonds. The summed E-state index contributed by atoms with van der Waals surface area (Å²) in [5, 5.41) is 2.37. The molecule has 1 aromatic carbocycles. The van der Waals surface area contributed by atoms with E-state index in [1.807, 2.05) is 6.07 Å². The van der Waals surface area contributed by atoms with Gasteiger partial charge in [0.05, 0.1) is 6.61 Å². The number of ketones is 1. The van der Waals surface area contributed by atoms with Gasteiger partial charge in [0.15, 0.2) is 0 Å². The first kappa shape index (κ1) is 25.5. The maximum atomic E-state index is 12.5. The number of esters is 2. The van der Waals surface area contributed by atoms with E-state index in [1.54, 1.807) is 45.0 Å². The number of rotatable bonds is 10. The number of Topliss-reactive ketones (excluding diaryl/α,β-unsaturated/α-hetero) is 1. The number of hydrogen-bond donors (Lipinski definition) is 1. The van der Waals surface area contributed by atoms with Crippen LogP contribution in [0.4, 0.5) is 4.79 Å². The second-order valence-corrected chi connectivity index (χ2v) is 7.42. The van der Waals surface area contributed by atoms with Crippen molar-refractivity contribution < 1.29 is 38.2 Å². The Labute approximate surface area is 180 Å². The Bertz CT molecular complexity index is 840. The van der Waals surface area contributed by atoms with Crippen LogP contribution in [0.3, 0.4) is 0 Å². The summed E-state index contributed by atoms with van der Waals surface area (Å²) in [6.07, 6.45) is -1.48. The first-order valence-corrected chi connectivity index (χ1v) is 9.69. The first-order chi connectivity index (χ1) is 14.6. The van der Waals surface area contributed by atoms with Crippen LogP contribution in [0.1, 0.15) is 46.1 Å². The van der Waals surface area contributed by atoms with E-state index >= 15 is 0 Å². The van der Waals surface area contributed by atoms with Crippen molar-refractivity contribution in [3.8, 4) is 0 Å². The highest BCUT2D eigenvalue weighted by Crippen LogP contribution is 2.12. The Hall–Kier alpha value is -3.52. The second-order valence-electron chi connectivity index (χ2n) is 7.42. The molecule has 0 fully saturated rings. The number of ether oxygens (including phenoxy) is 3. The van der Waals surface area contributed by atoms with Crippen LogP contribution in [0.25, 0.3) is 5.53 Å². The molecule has 1 rings (SSSR count). The van der Waals surface area contributed by atoms with Gasteiger partial charge in [0.2, 0.25) is 0 Å². The quantitative estimate of drug-likeness (QED) is 0.149. The van der Waals surface area contributed by atoms with Crippen molar-refractivity contribution in [2.45, 2.75) is 58.8 Å². The van der Waals surface area contributed by atoms with E-state index in [0.717, 1.165) is 5.56 Å². The lowest BCUT2D eigenvalue weighted by atomic mass is 10.1. The average Bonchev–Trinajstić information content (AvgIpc) is 2.69. The molecule has 1 aromatic rings. The maximum absolute atomic E-state index is 12.5. The highest BCUT2D eigenvalue weighted by Gasteiger charge is 2.33. The Morgan fingerprint density at radius 1 is 1.10 bits per heavy atom. The Morgan fingerprint density at radius 3 is 2.29 bits per heavy atom. The smallest absolute Gasteiger partial charge is 0.441 e. The van der Waals surface area contributed by atoms with E-state index in [1.165, 1.54) is 6.92 Å². The number of nitrogens with one attached hydrogen (secondary N) is 1. The molecule has 0 aliphatic heterocycles. The van der Waals surface area contributed by atoms with Crippen molar-refractivity contribution in [3.63, 3.8) is 0 Å². The van der Waals surface area contributed by atoms with Gasteiger partial charge in [0.1, 0.15) is 18.2 Å². The zero-order valence-corrected chi connectivity index (χ0v) is 18.0. The summed E-state index contributed by atoms with van der Waals surface area (Å²) in [7, 11) is 0. The predicted molar refractivity (Wildman–Crippen MR) is 109 cm³/mol. The van der Waals surface area contributed by atoms with Crippen LogP contribution in [0.2, 0.25) is 0 Å². The summed E-state index contributed by atoms with van der Waals surface area (Å²) in [5.74, 6) is -2.72. The number of hydrogen-bond acceptors (Lipinski definition) is 7. The van der Waals surface area contributed by atoms with E-state index in [-0.39, 0.29) is 26.1 Å². The van der Waals surface area contributed by atoms with Gasteiger partial charge in [-0.1, -0.05) is 30.3 Å². The Kier molecular flexibility index (Phi) is 10.1. The summed E-state index contributed by atoms with van der Waals surface area (Å²) in [4.78, 5) is 51.2. The molecule has 0 bridgehead atoms. The van der Waals surface area contributed by atoms with E-state index < -0.39 is 41.2 Å². The topological polar surface area (TPSA) is 144 Å². The van der Waals surface area contributed by atoms with Crippen LogP contribution in [0, 0.1) is 0 Å². The number of carbonyl (C=O) groups excluding carboxylic acids is 4. The number of nitrogens with zero attached hydrogens (tertiary/aromatic N) is 2.